The van der Waals surface area contributed by atoms with Gasteiger partial charge in [-0.1, -0.05) is 25.1 Å². The first kappa shape index (κ1) is 11.5. The Morgan fingerprint density at radius 3 is 2.55 bits per heavy atom. The van der Waals surface area contributed by atoms with Crippen molar-refractivity contribution in [3.05, 3.63) is 0 Å². The number of thioether (sulfide) groups is 1. The molecule has 2 amide bonds. The summed E-state index contributed by atoms with van der Waals surface area (Å²) in [6, 6.07) is 0. The van der Waals surface area contributed by atoms with E-state index < -0.39 is 0 Å². The van der Waals surface area contributed by atoms with Gasteiger partial charge >= 0.3 is 29.6 Å². The van der Waals surface area contributed by atoms with Crippen LogP contribution in [-0.2, 0) is 4.79 Å². The number of nitrogens with one attached hydrogen (secondary N) is 1. The summed E-state index contributed by atoms with van der Waals surface area (Å²) in [7, 11) is 0. The van der Waals surface area contributed by atoms with Gasteiger partial charge < -0.3 is 0 Å². The Bertz CT molecular complexity index is 174. The van der Waals surface area contributed by atoms with E-state index >= 15 is 0 Å². The van der Waals surface area contributed by atoms with Gasteiger partial charge in [-0.2, -0.15) is 0 Å². The summed E-state index contributed by atoms with van der Waals surface area (Å²) >= 11 is 1.10. The van der Waals surface area contributed by atoms with Crippen LogP contribution in [0.5, 0.6) is 0 Å². The Morgan fingerprint density at radius 2 is 2.18 bits per heavy atom. The molecule has 1 aliphatic rings. The van der Waals surface area contributed by atoms with Gasteiger partial charge in [0.15, 0.2) is 0 Å². The van der Waals surface area contributed by atoms with Crippen molar-refractivity contribution >= 4 is 52.5 Å². The van der Waals surface area contributed by atoms with Crippen molar-refractivity contribution in [1.29, 1.82) is 0 Å². The molecule has 1 fully saturated rings. The summed E-state index contributed by atoms with van der Waals surface area (Å²) in [6.45, 7) is 2.00. The Balaban J connectivity index is 0.000001000. The molecule has 0 saturated carbocycles. The van der Waals surface area contributed by atoms with Crippen LogP contribution in [0.3, 0.4) is 0 Å². The number of amides is 2. The van der Waals surface area contributed by atoms with Gasteiger partial charge in [0.05, 0.1) is 5.25 Å². The minimum atomic E-state index is -0.205. The van der Waals surface area contributed by atoms with Gasteiger partial charge in [0.25, 0.3) is 5.24 Å². The van der Waals surface area contributed by atoms with E-state index in [0.717, 1.165) is 24.6 Å². The van der Waals surface area contributed by atoms with E-state index in [2.05, 4.69) is 5.32 Å². The van der Waals surface area contributed by atoms with Crippen molar-refractivity contribution in [1.82, 2.24) is 5.32 Å². The van der Waals surface area contributed by atoms with Crippen molar-refractivity contribution in [2.45, 2.75) is 25.0 Å². The Hall–Kier alpha value is 0.490. The maximum absolute atomic E-state index is 10.8. The van der Waals surface area contributed by atoms with Gasteiger partial charge in [0.1, 0.15) is 0 Å². The number of carbonyl (C=O) groups is 2. The second-order valence-corrected chi connectivity index (χ2v) is 3.35. The average molecular weight is 183 g/mol. The predicted molar refractivity (Wildman–Crippen MR) is 47.0 cm³/mol. The van der Waals surface area contributed by atoms with Gasteiger partial charge in [-0.05, 0) is 6.42 Å². The molecule has 1 aliphatic heterocycles. The molecule has 0 spiro atoms. The topological polar surface area (TPSA) is 46.2 Å². The second-order valence-electron chi connectivity index (χ2n) is 2.17. The number of imide groups is 1. The molecule has 1 rings (SSSR count). The van der Waals surface area contributed by atoms with Crippen LogP contribution in [0.2, 0.25) is 0 Å². The molecule has 0 aliphatic carbocycles. The second kappa shape index (κ2) is 5.19. The van der Waals surface area contributed by atoms with Crippen LogP contribution in [0.15, 0.2) is 0 Å². The fraction of sp³-hybridized carbons (Fsp3) is 0.667. The molecule has 1 N–H and O–H groups in total. The zero-order valence-corrected chi connectivity index (χ0v) is 6.53. The first-order valence-corrected chi connectivity index (χ1v) is 4.13. The van der Waals surface area contributed by atoms with Crippen molar-refractivity contribution in [2.75, 3.05) is 0 Å². The molecule has 0 bridgehead atoms. The predicted octanol–water partition coefficient (Wildman–Crippen LogP) is 0.490. The molecule has 0 aromatic heterocycles. The fourth-order valence-corrected chi connectivity index (χ4v) is 1.78. The van der Waals surface area contributed by atoms with Crippen molar-refractivity contribution in [3.63, 3.8) is 0 Å². The molecule has 0 aromatic carbocycles. The molecule has 1 heterocycles. The molecule has 0 radical (unpaired) electrons. The first-order valence-electron chi connectivity index (χ1n) is 3.25. The van der Waals surface area contributed by atoms with E-state index in [4.69, 9.17) is 0 Å². The van der Waals surface area contributed by atoms with Crippen LogP contribution >= 0.6 is 11.8 Å². The van der Waals surface area contributed by atoms with Crippen LogP contribution in [0.25, 0.3) is 0 Å². The first-order chi connectivity index (χ1) is 4.74. The summed E-state index contributed by atoms with van der Waals surface area (Å²) in [4.78, 5) is 21.4. The van der Waals surface area contributed by atoms with E-state index in [9.17, 15) is 9.59 Å². The summed E-state index contributed by atoms with van der Waals surface area (Å²) in [6.07, 6.45) is 1.74. The van der Waals surface area contributed by atoms with Crippen LogP contribution in [0.1, 0.15) is 19.8 Å². The summed E-state index contributed by atoms with van der Waals surface area (Å²) in [5.74, 6) is -0.128. The Labute approximate surface area is 92.0 Å². The Kier molecular flexibility index (Phi) is 5.42. The third-order valence-electron chi connectivity index (χ3n) is 1.32. The molecule has 5 heteroatoms. The minimum absolute atomic E-state index is 0. The molecule has 58 valence electrons. The number of rotatable bonds is 2. The van der Waals surface area contributed by atoms with Gasteiger partial charge in [0, 0.05) is 0 Å². The van der Waals surface area contributed by atoms with Crippen LogP contribution < -0.4 is 5.32 Å². The Morgan fingerprint density at radius 1 is 1.55 bits per heavy atom. The molecule has 1 saturated heterocycles. The molecule has 0 aromatic rings. The van der Waals surface area contributed by atoms with E-state index in [-0.39, 0.29) is 46.0 Å². The van der Waals surface area contributed by atoms with Crippen LogP contribution in [-0.4, -0.2) is 46.0 Å². The SMILES string of the molecule is CCCC1SC(=O)NC1=O.[NaH]. The maximum atomic E-state index is 10.8. The molecular weight excluding hydrogens is 173 g/mol. The molecule has 11 heavy (non-hydrogen) atoms. The van der Waals surface area contributed by atoms with Crippen LogP contribution in [0.4, 0.5) is 4.79 Å². The molecule has 1 unspecified atom stereocenters. The third kappa shape index (κ3) is 3.15. The van der Waals surface area contributed by atoms with E-state index in [1.54, 1.807) is 0 Å². The number of carbonyl (C=O) groups excluding carboxylic acids is 2. The monoisotopic (exact) mass is 183 g/mol. The summed E-state index contributed by atoms with van der Waals surface area (Å²) in [5.41, 5.74) is 0. The normalized spacial score (nSPS) is 22.8. The van der Waals surface area contributed by atoms with E-state index in [1.807, 2.05) is 6.92 Å². The molecular formula is C6H10NNaO2S. The quantitative estimate of drug-likeness (QED) is 0.634. The summed E-state index contributed by atoms with van der Waals surface area (Å²) in [5, 5.41) is 1.90. The van der Waals surface area contributed by atoms with E-state index in [0.29, 0.717) is 0 Å². The molecule has 3 nitrogen and oxygen atoms in total. The van der Waals surface area contributed by atoms with Crippen LogP contribution in [0, 0.1) is 0 Å². The fourth-order valence-electron chi connectivity index (χ4n) is 0.845. The summed E-state index contributed by atoms with van der Waals surface area (Å²) < 4.78 is 0. The average Bonchev–Trinajstić information content (AvgIpc) is 2.13. The standard InChI is InChI=1S/C6H9NO2S.Na.H/c1-2-3-4-5(8)7-6(9)10-4;;/h4H,2-3H2,1H3,(H,7,8,9);;. The van der Waals surface area contributed by atoms with Crippen molar-refractivity contribution < 1.29 is 9.59 Å². The van der Waals surface area contributed by atoms with Gasteiger partial charge in [-0.15, -0.1) is 0 Å². The zero-order chi connectivity index (χ0) is 7.56. The number of hydrogen-bond acceptors (Lipinski definition) is 3. The van der Waals surface area contributed by atoms with Gasteiger partial charge in [-0.3, -0.25) is 14.9 Å². The van der Waals surface area contributed by atoms with Gasteiger partial charge in [0.2, 0.25) is 5.91 Å². The van der Waals surface area contributed by atoms with Gasteiger partial charge in [-0.25, -0.2) is 0 Å². The zero-order valence-electron chi connectivity index (χ0n) is 5.72. The van der Waals surface area contributed by atoms with E-state index in [1.165, 1.54) is 0 Å². The van der Waals surface area contributed by atoms with Crippen molar-refractivity contribution in [2.24, 2.45) is 0 Å². The molecule has 1 atom stereocenters. The van der Waals surface area contributed by atoms with Crippen molar-refractivity contribution in [3.8, 4) is 0 Å². The number of hydrogen-bond donors (Lipinski definition) is 1. The third-order valence-corrected chi connectivity index (χ3v) is 2.37.